The van der Waals surface area contributed by atoms with Gasteiger partial charge in [-0.3, -0.25) is 4.79 Å². The molecule has 1 atom stereocenters. The Hall–Kier alpha value is -1.51. The van der Waals surface area contributed by atoms with Gasteiger partial charge in [-0.05, 0) is 38.0 Å². The third-order valence-electron chi connectivity index (χ3n) is 2.94. The molecule has 17 heavy (non-hydrogen) atoms. The summed E-state index contributed by atoms with van der Waals surface area (Å²) < 4.78 is 0. The van der Waals surface area contributed by atoms with Crippen molar-refractivity contribution in [3.63, 3.8) is 0 Å². The van der Waals surface area contributed by atoms with E-state index >= 15 is 0 Å². The molecule has 0 saturated carbocycles. The third-order valence-corrected chi connectivity index (χ3v) is 2.94. The highest BCUT2D eigenvalue weighted by atomic mass is 16.1. The maximum absolute atomic E-state index is 11.4. The largest absolute Gasteiger partial charge is 0.382 e. The molecule has 1 aromatic carbocycles. The van der Waals surface area contributed by atoms with Crippen LogP contribution in [0.3, 0.4) is 0 Å². The average molecular weight is 234 g/mol. The normalized spacial score (nSPS) is 12.0. The summed E-state index contributed by atoms with van der Waals surface area (Å²) in [5.41, 5.74) is 3.08. The van der Waals surface area contributed by atoms with Gasteiger partial charge in [-0.25, -0.2) is 0 Å². The molecule has 1 amide bonds. The van der Waals surface area contributed by atoms with E-state index < -0.39 is 0 Å². The molecule has 94 valence electrons. The van der Waals surface area contributed by atoms with Crippen LogP contribution in [-0.4, -0.2) is 11.9 Å². The van der Waals surface area contributed by atoms with Gasteiger partial charge in [0.15, 0.2) is 0 Å². The number of rotatable bonds is 5. The molecule has 0 aliphatic carbocycles. The minimum Gasteiger partial charge on any atom is -0.382 e. The number of carbonyl (C=O) groups is 1. The molecule has 2 N–H and O–H groups in total. The summed E-state index contributed by atoms with van der Waals surface area (Å²) in [6, 6.07) is 6.38. The molecule has 0 bridgehead atoms. The summed E-state index contributed by atoms with van der Waals surface area (Å²) in [7, 11) is 0. The summed E-state index contributed by atoms with van der Waals surface area (Å²) in [6.07, 6.45) is 1.58. The highest BCUT2D eigenvalue weighted by Gasteiger charge is 2.07. The third kappa shape index (κ3) is 3.77. The summed E-state index contributed by atoms with van der Waals surface area (Å²) in [5.74, 6) is 0.0498. The van der Waals surface area contributed by atoms with E-state index in [1.807, 2.05) is 32.0 Å². The molecule has 0 aliphatic heterocycles. The molecule has 3 heteroatoms. The van der Waals surface area contributed by atoms with E-state index in [-0.39, 0.29) is 5.91 Å². The predicted molar refractivity (Wildman–Crippen MR) is 73.5 cm³/mol. The van der Waals surface area contributed by atoms with Crippen LogP contribution >= 0.6 is 0 Å². The second-order valence-electron chi connectivity index (χ2n) is 4.33. The number of benzene rings is 1. The van der Waals surface area contributed by atoms with Crippen molar-refractivity contribution in [3.05, 3.63) is 23.8 Å². The standard InChI is InChI=1S/C14H22N2O/c1-5-10(3)15-12-8-7-9-13(11(12)4)16-14(17)6-2/h7-10,15H,5-6H2,1-4H3,(H,16,17). The van der Waals surface area contributed by atoms with Crippen molar-refractivity contribution in [2.45, 2.75) is 46.6 Å². The Kier molecular flexibility index (Phi) is 5.01. The first-order valence-corrected chi connectivity index (χ1v) is 6.24. The fourth-order valence-electron chi connectivity index (χ4n) is 1.53. The van der Waals surface area contributed by atoms with Gasteiger partial charge in [-0.2, -0.15) is 0 Å². The predicted octanol–water partition coefficient (Wildman–Crippen LogP) is 3.55. The first kappa shape index (κ1) is 13.6. The fraction of sp³-hybridized carbons (Fsp3) is 0.500. The SMILES string of the molecule is CCC(=O)Nc1cccc(NC(C)CC)c1C. The van der Waals surface area contributed by atoms with E-state index in [1.54, 1.807) is 0 Å². The van der Waals surface area contributed by atoms with E-state index in [0.29, 0.717) is 12.5 Å². The quantitative estimate of drug-likeness (QED) is 0.818. The van der Waals surface area contributed by atoms with Crippen LogP contribution in [0.15, 0.2) is 18.2 Å². The second-order valence-corrected chi connectivity index (χ2v) is 4.33. The van der Waals surface area contributed by atoms with Gasteiger partial charge in [0, 0.05) is 23.8 Å². The summed E-state index contributed by atoms with van der Waals surface area (Å²) in [4.78, 5) is 11.4. The minimum atomic E-state index is 0.0498. The molecule has 1 unspecified atom stereocenters. The smallest absolute Gasteiger partial charge is 0.224 e. The van der Waals surface area contributed by atoms with Crippen molar-refractivity contribution in [2.24, 2.45) is 0 Å². The van der Waals surface area contributed by atoms with Gasteiger partial charge >= 0.3 is 0 Å². The minimum absolute atomic E-state index is 0.0498. The molecule has 0 radical (unpaired) electrons. The lowest BCUT2D eigenvalue weighted by molar-refractivity contribution is -0.115. The highest BCUT2D eigenvalue weighted by Crippen LogP contribution is 2.24. The number of nitrogens with one attached hydrogen (secondary N) is 2. The zero-order chi connectivity index (χ0) is 12.8. The number of anilines is 2. The molecule has 1 rings (SSSR count). The molecule has 0 fully saturated rings. The molecule has 0 heterocycles. The van der Waals surface area contributed by atoms with Crippen LogP contribution in [0.25, 0.3) is 0 Å². The van der Waals surface area contributed by atoms with Gasteiger partial charge in [0.05, 0.1) is 0 Å². The second kappa shape index (κ2) is 6.28. The molecule has 0 saturated heterocycles. The molecule has 0 aliphatic rings. The number of hydrogen-bond acceptors (Lipinski definition) is 2. The Bertz CT molecular complexity index is 388. The van der Waals surface area contributed by atoms with Crippen LogP contribution < -0.4 is 10.6 Å². The van der Waals surface area contributed by atoms with Crippen LogP contribution in [0.4, 0.5) is 11.4 Å². The Labute approximate surface area is 104 Å². The lowest BCUT2D eigenvalue weighted by Crippen LogP contribution is -2.16. The highest BCUT2D eigenvalue weighted by molar-refractivity contribution is 5.92. The maximum Gasteiger partial charge on any atom is 0.224 e. The van der Waals surface area contributed by atoms with Crippen LogP contribution in [-0.2, 0) is 4.79 Å². The van der Waals surface area contributed by atoms with Crippen molar-refractivity contribution in [1.82, 2.24) is 0 Å². The summed E-state index contributed by atoms with van der Waals surface area (Å²) in [5, 5.41) is 6.35. The van der Waals surface area contributed by atoms with E-state index in [1.165, 1.54) is 0 Å². The summed E-state index contributed by atoms with van der Waals surface area (Å²) >= 11 is 0. The topological polar surface area (TPSA) is 41.1 Å². The lowest BCUT2D eigenvalue weighted by atomic mass is 10.1. The monoisotopic (exact) mass is 234 g/mol. The van der Waals surface area contributed by atoms with Gasteiger partial charge in [-0.15, -0.1) is 0 Å². The first-order valence-electron chi connectivity index (χ1n) is 6.24. The lowest BCUT2D eigenvalue weighted by Gasteiger charge is -2.17. The molecule has 0 spiro atoms. The van der Waals surface area contributed by atoms with Crippen molar-refractivity contribution in [2.75, 3.05) is 10.6 Å². The van der Waals surface area contributed by atoms with Gasteiger partial charge in [0.25, 0.3) is 0 Å². The number of amides is 1. The van der Waals surface area contributed by atoms with Gasteiger partial charge < -0.3 is 10.6 Å². The van der Waals surface area contributed by atoms with Crippen molar-refractivity contribution in [3.8, 4) is 0 Å². The van der Waals surface area contributed by atoms with Gasteiger partial charge in [-0.1, -0.05) is 19.9 Å². The Balaban J connectivity index is 2.87. The maximum atomic E-state index is 11.4. The van der Waals surface area contributed by atoms with Gasteiger partial charge in [0.1, 0.15) is 0 Å². The zero-order valence-corrected chi connectivity index (χ0v) is 11.1. The Morgan fingerprint density at radius 1 is 1.29 bits per heavy atom. The molecule has 1 aromatic rings. The van der Waals surface area contributed by atoms with E-state index in [4.69, 9.17) is 0 Å². The van der Waals surface area contributed by atoms with Crippen LogP contribution in [0.1, 0.15) is 39.2 Å². The van der Waals surface area contributed by atoms with E-state index in [0.717, 1.165) is 23.4 Å². The number of hydrogen-bond donors (Lipinski definition) is 2. The van der Waals surface area contributed by atoms with Gasteiger partial charge in [0.2, 0.25) is 5.91 Å². The average Bonchev–Trinajstić information content (AvgIpc) is 2.33. The molecular weight excluding hydrogens is 212 g/mol. The van der Waals surface area contributed by atoms with Crippen LogP contribution in [0, 0.1) is 6.92 Å². The van der Waals surface area contributed by atoms with E-state index in [2.05, 4.69) is 24.5 Å². The Morgan fingerprint density at radius 3 is 2.53 bits per heavy atom. The van der Waals surface area contributed by atoms with Crippen LogP contribution in [0.5, 0.6) is 0 Å². The van der Waals surface area contributed by atoms with Crippen molar-refractivity contribution < 1.29 is 4.79 Å². The van der Waals surface area contributed by atoms with Crippen molar-refractivity contribution >= 4 is 17.3 Å². The van der Waals surface area contributed by atoms with E-state index in [9.17, 15) is 4.79 Å². The van der Waals surface area contributed by atoms with Crippen molar-refractivity contribution in [1.29, 1.82) is 0 Å². The first-order chi connectivity index (χ1) is 8.08. The summed E-state index contributed by atoms with van der Waals surface area (Å²) in [6.45, 7) is 8.17. The van der Waals surface area contributed by atoms with Crippen LogP contribution in [0.2, 0.25) is 0 Å². The zero-order valence-electron chi connectivity index (χ0n) is 11.1. The molecular formula is C14H22N2O. The molecule has 3 nitrogen and oxygen atoms in total. The number of carbonyl (C=O) groups excluding carboxylic acids is 1. The molecule has 0 aromatic heterocycles. The fourth-order valence-corrected chi connectivity index (χ4v) is 1.53. The Morgan fingerprint density at radius 2 is 1.94 bits per heavy atom.